The van der Waals surface area contributed by atoms with E-state index in [2.05, 4.69) is 46.9 Å². The maximum atomic E-state index is 3.62. The van der Waals surface area contributed by atoms with Crippen LogP contribution in [-0.2, 0) is 13.0 Å². The molecule has 0 saturated heterocycles. The van der Waals surface area contributed by atoms with Crippen LogP contribution in [0.15, 0.2) is 16.6 Å². The predicted molar refractivity (Wildman–Crippen MR) is 58.9 cm³/mol. The molecule has 0 N–H and O–H groups in total. The minimum absolute atomic E-state index is 1.08. The standard InChI is InChI=1S/C11H14BrN/c1-8-3-4-11(12)10-7-13(2)6-5-9(8)10/h3-4H,5-7H2,1-2H3. The number of halogens is 1. The number of likely N-dealkylation sites (N-methyl/N-ethyl adjacent to an activating group) is 1. The molecule has 0 atom stereocenters. The summed E-state index contributed by atoms with van der Waals surface area (Å²) in [6.07, 6.45) is 1.19. The molecule has 0 saturated carbocycles. The summed E-state index contributed by atoms with van der Waals surface area (Å²) in [5.74, 6) is 0. The molecule has 1 aliphatic heterocycles. The third kappa shape index (κ3) is 1.65. The first kappa shape index (κ1) is 9.22. The van der Waals surface area contributed by atoms with E-state index in [4.69, 9.17) is 0 Å². The molecule has 0 amide bonds. The fraction of sp³-hybridized carbons (Fsp3) is 0.455. The van der Waals surface area contributed by atoms with Crippen LogP contribution in [0.5, 0.6) is 0 Å². The molecule has 70 valence electrons. The van der Waals surface area contributed by atoms with Gasteiger partial charge in [-0.2, -0.15) is 0 Å². The molecule has 0 unspecified atom stereocenters. The summed E-state index contributed by atoms with van der Waals surface area (Å²) in [5.41, 5.74) is 4.47. The topological polar surface area (TPSA) is 3.24 Å². The smallest absolute Gasteiger partial charge is 0.0244 e. The number of rotatable bonds is 0. The first-order valence-corrected chi connectivity index (χ1v) is 5.43. The molecule has 1 aliphatic rings. The van der Waals surface area contributed by atoms with Crippen LogP contribution in [0.3, 0.4) is 0 Å². The van der Waals surface area contributed by atoms with Crippen molar-refractivity contribution in [2.75, 3.05) is 13.6 Å². The Morgan fingerprint density at radius 3 is 2.85 bits per heavy atom. The van der Waals surface area contributed by atoms with Gasteiger partial charge in [-0.05, 0) is 43.1 Å². The molecule has 1 heterocycles. The summed E-state index contributed by atoms with van der Waals surface area (Å²) in [5, 5.41) is 0. The third-order valence-electron chi connectivity index (χ3n) is 2.78. The van der Waals surface area contributed by atoms with Crippen LogP contribution in [0.25, 0.3) is 0 Å². The molecule has 0 aromatic heterocycles. The van der Waals surface area contributed by atoms with Crippen molar-refractivity contribution in [2.45, 2.75) is 19.9 Å². The van der Waals surface area contributed by atoms with Crippen LogP contribution in [-0.4, -0.2) is 18.5 Å². The van der Waals surface area contributed by atoms with Gasteiger partial charge < -0.3 is 4.90 Å². The van der Waals surface area contributed by atoms with Gasteiger partial charge in [-0.3, -0.25) is 0 Å². The largest absolute Gasteiger partial charge is 0.302 e. The Bertz CT molecular complexity index is 333. The van der Waals surface area contributed by atoms with Crippen molar-refractivity contribution in [1.82, 2.24) is 4.90 Å². The van der Waals surface area contributed by atoms with Crippen LogP contribution in [0.2, 0.25) is 0 Å². The molecule has 2 heteroatoms. The van der Waals surface area contributed by atoms with Crippen molar-refractivity contribution in [3.05, 3.63) is 33.3 Å². The molecule has 0 fully saturated rings. The minimum atomic E-state index is 1.08. The summed E-state index contributed by atoms with van der Waals surface area (Å²) in [6, 6.07) is 4.36. The maximum Gasteiger partial charge on any atom is 0.0244 e. The molecule has 0 aliphatic carbocycles. The number of hydrogen-bond donors (Lipinski definition) is 0. The number of nitrogens with zero attached hydrogens (tertiary/aromatic N) is 1. The van der Waals surface area contributed by atoms with Crippen LogP contribution in [0.4, 0.5) is 0 Å². The van der Waals surface area contributed by atoms with E-state index in [-0.39, 0.29) is 0 Å². The van der Waals surface area contributed by atoms with Gasteiger partial charge in [0.15, 0.2) is 0 Å². The quantitative estimate of drug-likeness (QED) is 0.674. The SMILES string of the molecule is Cc1ccc(Br)c2c1CCN(C)C2. The highest BCUT2D eigenvalue weighted by Gasteiger charge is 2.16. The van der Waals surface area contributed by atoms with Crippen LogP contribution < -0.4 is 0 Å². The molecule has 13 heavy (non-hydrogen) atoms. The van der Waals surface area contributed by atoms with Crippen LogP contribution in [0, 0.1) is 6.92 Å². The zero-order chi connectivity index (χ0) is 9.42. The molecule has 1 nitrogen and oxygen atoms in total. The number of aryl methyl sites for hydroxylation is 1. The Labute approximate surface area is 87.9 Å². The Hall–Kier alpha value is -0.340. The number of benzene rings is 1. The fourth-order valence-corrected chi connectivity index (χ4v) is 2.45. The lowest BCUT2D eigenvalue weighted by molar-refractivity contribution is 0.311. The van der Waals surface area contributed by atoms with Crippen molar-refractivity contribution in [2.24, 2.45) is 0 Å². The normalized spacial score (nSPS) is 17.2. The van der Waals surface area contributed by atoms with E-state index in [1.807, 2.05) is 0 Å². The molecule has 1 aromatic rings. The van der Waals surface area contributed by atoms with Gasteiger partial charge in [-0.1, -0.05) is 22.0 Å². The molecular weight excluding hydrogens is 226 g/mol. The molecule has 1 aromatic carbocycles. The summed E-state index contributed by atoms with van der Waals surface area (Å²) in [6.45, 7) is 4.47. The van der Waals surface area contributed by atoms with E-state index < -0.39 is 0 Å². The van der Waals surface area contributed by atoms with Crippen molar-refractivity contribution in [3.8, 4) is 0 Å². The molecule has 0 bridgehead atoms. The van der Waals surface area contributed by atoms with Gasteiger partial charge in [0.05, 0.1) is 0 Å². The highest BCUT2D eigenvalue weighted by atomic mass is 79.9. The fourth-order valence-electron chi connectivity index (χ4n) is 1.95. The molecule has 2 rings (SSSR count). The second-order valence-corrected chi connectivity index (χ2v) is 4.66. The van der Waals surface area contributed by atoms with E-state index >= 15 is 0 Å². The Balaban J connectivity index is 2.51. The summed E-state index contributed by atoms with van der Waals surface area (Å²) < 4.78 is 1.26. The molecule has 0 spiro atoms. The average Bonchev–Trinajstić information content (AvgIpc) is 2.12. The predicted octanol–water partition coefficient (Wildman–Crippen LogP) is 2.75. The average molecular weight is 240 g/mol. The van der Waals surface area contributed by atoms with Gasteiger partial charge in [-0.15, -0.1) is 0 Å². The van der Waals surface area contributed by atoms with E-state index in [0.29, 0.717) is 0 Å². The summed E-state index contributed by atoms with van der Waals surface area (Å²) in [7, 11) is 2.18. The Morgan fingerprint density at radius 1 is 1.31 bits per heavy atom. The van der Waals surface area contributed by atoms with E-state index in [1.54, 1.807) is 5.56 Å². The minimum Gasteiger partial charge on any atom is -0.302 e. The lowest BCUT2D eigenvalue weighted by Gasteiger charge is -2.27. The Kier molecular flexibility index (Phi) is 2.43. The first-order valence-electron chi connectivity index (χ1n) is 4.64. The molecule has 0 radical (unpaired) electrons. The zero-order valence-corrected chi connectivity index (χ0v) is 9.69. The van der Waals surface area contributed by atoms with E-state index in [1.165, 1.54) is 28.6 Å². The molecular formula is C11H14BrN. The van der Waals surface area contributed by atoms with E-state index in [0.717, 1.165) is 6.54 Å². The lowest BCUT2D eigenvalue weighted by atomic mass is 9.96. The third-order valence-corrected chi connectivity index (χ3v) is 3.52. The van der Waals surface area contributed by atoms with Gasteiger partial charge in [-0.25, -0.2) is 0 Å². The Morgan fingerprint density at radius 2 is 2.08 bits per heavy atom. The van der Waals surface area contributed by atoms with Gasteiger partial charge in [0.2, 0.25) is 0 Å². The maximum absolute atomic E-state index is 3.62. The van der Waals surface area contributed by atoms with Crippen molar-refractivity contribution >= 4 is 15.9 Å². The monoisotopic (exact) mass is 239 g/mol. The zero-order valence-electron chi connectivity index (χ0n) is 8.10. The van der Waals surface area contributed by atoms with Gasteiger partial charge in [0.1, 0.15) is 0 Å². The number of fused-ring (bicyclic) bond motifs is 1. The highest BCUT2D eigenvalue weighted by molar-refractivity contribution is 9.10. The van der Waals surface area contributed by atoms with Crippen LogP contribution in [0.1, 0.15) is 16.7 Å². The van der Waals surface area contributed by atoms with Crippen LogP contribution >= 0.6 is 15.9 Å². The first-order chi connectivity index (χ1) is 6.18. The second kappa shape index (κ2) is 3.43. The summed E-state index contributed by atoms with van der Waals surface area (Å²) >= 11 is 3.62. The highest BCUT2D eigenvalue weighted by Crippen LogP contribution is 2.28. The lowest BCUT2D eigenvalue weighted by Crippen LogP contribution is -2.27. The second-order valence-electron chi connectivity index (χ2n) is 3.81. The number of hydrogen-bond acceptors (Lipinski definition) is 1. The van der Waals surface area contributed by atoms with Gasteiger partial charge in [0, 0.05) is 17.6 Å². The van der Waals surface area contributed by atoms with Crippen molar-refractivity contribution < 1.29 is 0 Å². The van der Waals surface area contributed by atoms with Crippen molar-refractivity contribution in [1.29, 1.82) is 0 Å². The van der Waals surface area contributed by atoms with Gasteiger partial charge in [0.25, 0.3) is 0 Å². The van der Waals surface area contributed by atoms with E-state index in [9.17, 15) is 0 Å². The van der Waals surface area contributed by atoms with Gasteiger partial charge >= 0.3 is 0 Å². The summed E-state index contributed by atoms with van der Waals surface area (Å²) in [4.78, 5) is 2.37. The van der Waals surface area contributed by atoms with Crippen molar-refractivity contribution in [3.63, 3.8) is 0 Å².